The highest BCUT2D eigenvalue weighted by Gasteiger charge is 2.12. The Bertz CT molecular complexity index is 607. The first-order chi connectivity index (χ1) is 10.1. The van der Waals surface area contributed by atoms with Gasteiger partial charge in [0, 0.05) is 12.1 Å². The van der Waals surface area contributed by atoms with Gasteiger partial charge in [-0.3, -0.25) is 9.67 Å². The van der Waals surface area contributed by atoms with Crippen LogP contribution in [0.1, 0.15) is 26.1 Å². The smallest absolute Gasteiger partial charge is 0.199 e. The molecule has 1 aromatic heterocycles. The van der Waals surface area contributed by atoms with E-state index < -0.39 is 6.10 Å². The number of H-pyrrole nitrogens is 1. The number of benzene rings is 1. The standard InChI is InChI=1S/C15H21N3O2S/c1-11(2)20-10-13(19)8-9-14-16-17-15(21)18(14)12-6-4-3-5-7-12/h3-7,11,13,19H,8-10H2,1-2H3,(H,17,21)/t13-/m1/s1. The highest BCUT2D eigenvalue weighted by molar-refractivity contribution is 7.71. The van der Waals surface area contributed by atoms with Crippen molar-refractivity contribution in [1.82, 2.24) is 14.8 Å². The lowest BCUT2D eigenvalue weighted by atomic mass is 10.2. The average Bonchev–Trinajstić information content (AvgIpc) is 2.84. The van der Waals surface area contributed by atoms with Crippen LogP contribution in [0.3, 0.4) is 0 Å². The number of aromatic nitrogens is 3. The summed E-state index contributed by atoms with van der Waals surface area (Å²) in [6.45, 7) is 4.24. The van der Waals surface area contributed by atoms with Gasteiger partial charge in [0.25, 0.3) is 0 Å². The zero-order chi connectivity index (χ0) is 15.2. The number of aliphatic hydroxyl groups excluding tert-OH is 1. The SMILES string of the molecule is CC(C)OC[C@H](O)CCc1n[nH]c(=S)n1-c1ccccc1. The Morgan fingerprint density at radius 1 is 1.33 bits per heavy atom. The highest BCUT2D eigenvalue weighted by atomic mass is 32.1. The third-order valence-electron chi connectivity index (χ3n) is 3.08. The van der Waals surface area contributed by atoms with Crippen LogP contribution in [0.15, 0.2) is 30.3 Å². The van der Waals surface area contributed by atoms with Crippen LogP contribution in [0, 0.1) is 4.77 Å². The van der Waals surface area contributed by atoms with Crippen molar-refractivity contribution in [2.24, 2.45) is 0 Å². The summed E-state index contributed by atoms with van der Waals surface area (Å²) < 4.78 is 7.86. The Balaban J connectivity index is 2.04. The van der Waals surface area contributed by atoms with Crippen molar-refractivity contribution in [2.45, 2.75) is 38.9 Å². The fourth-order valence-corrected chi connectivity index (χ4v) is 2.28. The van der Waals surface area contributed by atoms with Gasteiger partial charge in [0.15, 0.2) is 4.77 Å². The monoisotopic (exact) mass is 307 g/mol. The number of nitrogens with one attached hydrogen (secondary N) is 1. The second-order valence-electron chi connectivity index (χ2n) is 5.19. The molecule has 1 aromatic carbocycles. The molecule has 0 spiro atoms. The molecule has 1 heterocycles. The van der Waals surface area contributed by atoms with Crippen molar-refractivity contribution in [3.8, 4) is 5.69 Å². The van der Waals surface area contributed by atoms with Crippen LogP contribution < -0.4 is 0 Å². The maximum atomic E-state index is 9.93. The van der Waals surface area contributed by atoms with E-state index in [1.165, 1.54) is 0 Å². The molecule has 0 aliphatic heterocycles. The summed E-state index contributed by atoms with van der Waals surface area (Å²) in [6.07, 6.45) is 0.838. The minimum absolute atomic E-state index is 0.124. The number of nitrogens with zero attached hydrogens (tertiary/aromatic N) is 2. The molecule has 2 rings (SSSR count). The Labute approximate surface area is 129 Å². The summed E-state index contributed by atoms with van der Waals surface area (Å²) in [6, 6.07) is 9.83. The lowest BCUT2D eigenvalue weighted by Gasteiger charge is -2.13. The fourth-order valence-electron chi connectivity index (χ4n) is 2.02. The molecular weight excluding hydrogens is 286 g/mol. The van der Waals surface area contributed by atoms with Crippen LogP contribution >= 0.6 is 12.2 Å². The van der Waals surface area contributed by atoms with Crippen molar-refractivity contribution < 1.29 is 9.84 Å². The van der Waals surface area contributed by atoms with Crippen molar-refractivity contribution >= 4 is 12.2 Å². The van der Waals surface area contributed by atoms with Crippen LogP contribution in [-0.2, 0) is 11.2 Å². The first-order valence-corrected chi connectivity index (χ1v) is 7.50. The molecule has 0 aliphatic rings. The van der Waals surface area contributed by atoms with Crippen molar-refractivity contribution in [2.75, 3.05) is 6.61 Å². The van der Waals surface area contributed by atoms with E-state index in [2.05, 4.69) is 10.2 Å². The van der Waals surface area contributed by atoms with Gasteiger partial charge in [0.05, 0.1) is 18.8 Å². The highest BCUT2D eigenvalue weighted by Crippen LogP contribution is 2.12. The molecule has 5 nitrogen and oxygen atoms in total. The summed E-state index contributed by atoms with van der Waals surface area (Å²) >= 11 is 5.28. The number of hydrogen-bond acceptors (Lipinski definition) is 4. The van der Waals surface area contributed by atoms with Crippen LogP contribution in [-0.4, -0.2) is 38.7 Å². The van der Waals surface area contributed by atoms with Crippen molar-refractivity contribution in [3.05, 3.63) is 40.9 Å². The van der Waals surface area contributed by atoms with E-state index in [0.29, 0.717) is 24.2 Å². The molecule has 0 saturated heterocycles. The van der Waals surface area contributed by atoms with Crippen molar-refractivity contribution in [1.29, 1.82) is 0 Å². The van der Waals surface area contributed by atoms with Gasteiger partial charge >= 0.3 is 0 Å². The van der Waals surface area contributed by atoms with Crippen LogP contribution in [0.2, 0.25) is 0 Å². The maximum Gasteiger partial charge on any atom is 0.199 e. The van der Waals surface area contributed by atoms with Gasteiger partial charge in [-0.2, -0.15) is 5.10 Å². The molecule has 0 amide bonds. The summed E-state index contributed by atoms with van der Waals surface area (Å²) in [5.41, 5.74) is 0.971. The van der Waals surface area contributed by atoms with Gasteiger partial charge in [-0.15, -0.1) is 0 Å². The van der Waals surface area contributed by atoms with Gasteiger partial charge < -0.3 is 9.84 Å². The number of rotatable bonds is 7. The normalized spacial score (nSPS) is 12.8. The van der Waals surface area contributed by atoms with E-state index >= 15 is 0 Å². The second-order valence-corrected chi connectivity index (χ2v) is 5.58. The Kier molecular flexibility index (Phi) is 5.67. The van der Waals surface area contributed by atoms with E-state index in [1.54, 1.807) is 0 Å². The molecular formula is C15H21N3O2S. The molecule has 2 aromatic rings. The molecule has 0 radical (unpaired) electrons. The van der Waals surface area contributed by atoms with Crippen LogP contribution in [0.25, 0.3) is 5.69 Å². The van der Waals surface area contributed by atoms with E-state index in [-0.39, 0.29) is 6.10 Å². The molecule has 0 bridgehead atoms. The fraction of sp³-hybridized carbons (Fsp3) is 0.467. The Morgan fingerprint density at radius 3 is 2.71 bits per heavy atom. The topological polar surface area (TPSA) is 63.1 Å². The molecule has 0 fully saturated rings. The van der Waals surface area contributed by atoms with Crippen LogP contribution in [0.4, 0.5) is 0 Å². The number of para-hydroxylation sites is 1. The number of hydrogen-bond donors (Lipinski definition) is 2. The largest absolute Gasteiger partial charge is 0.391 e. The molecule has 1 atom stereocenters. The summed E-state index contributed by atoms with van der Waals surface area (Å²) in [5.74, 6) is 0.815. The summed E-state index contributed by atoms with van der Waals surface area (Å²) in [4.78, 5) is 0. The van der Waals surface area contributed by atoms with E-state index in [1.807, 2.05) is 48.7 Å². The number of aliphatic hydroxyl groups is 1. The number of aryl methyl sites for hydroxylation is 1. The minimum atomic E-state index is -0.498. The van der Waals surface area contributed by atoms with Gasteiger partial charge in [0.1, 0.15) is 5.82 Å². The molecule has 2 N–H and O–H groups in total. The summed E-state index contributed by atoms with van der Waals surface area (Å²) in [7, 11) is 0. The first kappa shape index (κ1) is 15.9. The predicted molar refractivity (Wildman–Crippen MR) is 84.2 cm³/mol. The van der Waals surface area contributed by atoms with Gasteiger partial charge in [-0.25, -0.2) is 0 Å². The van der Waals surface area contributed by atoms with E-state index in [9.17, 15) is 5.11 Å². The third-order valence-corrected chi connectivity index (χ3v) is 3.35. The number of aromatic amines is 1. The van der Waals surface area contributed by atoms with E-state index in [0.717, 1.165) is 11.5 Å². The number of ether oxygens (including phenoxy) is 1. The molecule has 21 heavy (non-hydrogen) atoms. The molecule has 6 heteroatoms. The van der Waals surface area contributed by atoms with Gasteiger partial charge in [-0.1, -0.05) is 18.2 Å². The van der Waals surface area contributed by atoms with Gasteiger partial charge in [-0.05, 0) is 44.6 Å². The second kappa shape index (κ2) is 7.49. The minimum Gasteiger partial charge on any atom is -0.391 e. The maximum absolute atomic E-state index is 9.93. The van der Waals surface area contributed by atoms with Crippen LogP contribution in [0.5, 0.6) is 0 Å². The Morgan fingerprint density at radius 2 is 2.05 bits per heavy atom. The average molecular weight is 307 g/mol. The zero-order valence-corrected chi connectivity index (χ0v) is 13.1. The lowest BCUT2D eigenvalue weighted by molar-refractivity contribution is 0.00266. The van der Waals surface area contributed by atoms with Gasteiger partial charge in [0.2, 0.25) is 0 Å². The lowest BCUT2D eigenvalue weighted by Crippen LogP contribution is -2.19. The first-order valence-electron chi connectivity index (χ1n) is 7.09. The quantitative estimate of drug-likeness (QED) is 0.772. The molecule has 0 unspecified atom stereocenters. The zero-order valence-electron chi connectivity index (χ0n) is 12.3. The molecule has 114 valence electrons. The van der Waals surface area contributed by atoms with E-state index in [4.69, 9.17) is 17.0 Å². The van der Waals surface area contributed by atoms with Crippen molar-refractivity contribution in [3.63, 3.8) is 0 Å². The summed E-state index contributed by atoms with van der Waals surface area (Å²) in [5, 5.41) is 17.0. The molecule has 0 aliphatic carbocycles. The third kappa shape index (κ3) is 4.49. The Hall–Kier alpha value is -1.50. The predicted octanol–water partition coefficient (Wildman–Crippen LogP) is 2.65. The molecule has 0 saturated carbocycles.